The van der Waals surface area contributed by atoms with E-state index < -0.39 is 18.0 Å². The topological polar surface area (TPSA) is 79.0 Å². The normalized spacial score (nSPS) is 19.2. The van der Waals surface area contributed by atoms with E-state index in [0.29, 0.717) is 17.8 Å². The van der Waals surface area contributed by atoms with Crippen molar-refractivity contribution in [2.45, 2.75) is 25.8 Å². The fourth-order valence-corrected chi connectivity index (χ4v) is 3.15. The van der Waals surface area contributed by atoms with Crippen LogP contribution < -0.4 is 5.32 Å². The quantitative estimate of drug-likeness (QED) is 0.788. The molecule has 0 fully saturated rings. The number of carbonyl (C=O) groups is 3. The van der Waals surface area contributed by atoms with Gasteiger partial charge in [-0.2, -0.15) is 0 Å². The highest BCUT2D eigenvalue weighted by molar-refractivity contribution is 5.98. The summed E-state index contributed by atoms with van der Waals surface area (Å²) in [6, 6.07) is 8.31. The fraction of sp³-hybridized carbons (Fsp3) is 0.421. The van der Waals surface area contributed by atoms with Crippen LogP contribution in [-0.2, 0) is 14.3 Å². The number of ether oxygens (including phenoxy) is 1. The van der Waals surface area contributed by atoms with Gasteiger partial charge in [-0.25, -0.2) is 9.59 Å². The van der Waals surface area contributed by atoms with Crippen LogP contribution in [0.15, 0.2) is 41.6 Å². The summed E-state index contributed by atoms with van der Waals surface area (Å²) in [7, 11) is 1.72. The molecule has 26 heavy (non-hydrogen) atoms. The van der Waals surface area contributed by atoms with Gasteiger partial charge in [0, 0.05) is 13.6 Å². The number of cyclic esters (lactones) is 1. The van der Waals surface area contributed by atoms with Gasteiger partial charge in [0.2, 0.25) is 5.91 Å². The molecule has 138 valence electrons. The highest BCUT2D eigenvalue weighted by atomic mass is 16.5. The predicted octanol–water partition coefficient (Wildman–Crippen LogP) is 1.82. The van der Waals surface area contributed by atoms with E-state index in [2.05, 4.69) is 12.2 Å². The number of esters is 1. The van der Waals surface area contributed by atoms with Crippen LogP contribution in [0.3, 0.4) is 0 Å². The van der Waals surface area contributed by atoms with Crippen LogP contribution in [0.4, 0.5) is 4.79 Å². The predicted molar refractivity (Wildman–Crippen MR) is 95.0 cm³/mol. The number of benzene rings is 1. The van der Waals surface area contributed by atoms with Gasteiger partial charge < -0.3 is 15.0 Å². The lowest BCUT2D eigenvalue weighted by molar-refractivity contribution is -0.136. The first-order valence-corrected chi connectivity index (χ1v) is 8.80. The highest BCUT2D eigenvalue weighted by Crippen LogP contribution is 2.34. The summed E-state index contributed by atoms with van der Waals surface area (Å²) in [6.45, 7) is 2.59. The van der Waals surface area contributed by atoms with E-state index in [1.807, 2.05) is 30.3 Å². The van der Waals surface area contributed by atoms with Crippen molar-refractivity contribution in [3.8, 4) is 0 Å². The van der Waals surface area contributed by atoms with Crippen molar-refractivity contribution < 1.29 is 19.1 Å². The number of nitrogens with zero attached hydrogens (tertiary/aromatic N) is 2. The van der Waals surface area contributed by atoms with Gasteiger partial charge in [0.05, 0.1) is 17.3 Å². The van der Waals surface area contributed by atoms with Crippen molar-refractivity contribution in [1.82, 2.24) is 15.1 Å². The molecule has 2 aliphatic rings. The second-order valence-electron chi connectivity index (χ2n) is 6.48. The maximum Gasteiger partial charge on any atom is 0.338 e. The van der Waals surface area contributed by atoms with Crippen molar-refractivity contribution in [3.63, 3.8) is 0 Å². The van der Waals surface area contributed by atoms with E-state index in [4.69, 9.17) is 4.74 Å². The number of unbranched alkanes of at least 4 members (excludes halogenated alkanes) is 1. The average molecular weight is 357 g/mol. The summed E-state index contributed by atoms with van der Waals surface area (Å²) in [6.07, 6.45) is 1.89. The molecule has 0 unspecified atom stereocenters. The standard InChI is InChI=1S/C19H23N3O4/c1-3-4-10-21(2)15(23)11-22-14-12-26-18(24)16(14)17(20-19(22)25)13-8-6-5-7-9-13/h5-9,17H,3-4,10-12H2,1-2H3,(H,20,25)/t17-/m1/s1. The van der Waals surface area contributed by atoms with Gasteiger partial charge in [0.15, 0.2) is 0 Å². The third-order valence-corrected chi connectivity index (χ3v) is 4.70. The van der Waals surface area contributed by atoms with E-state index >= 15 is 0 Å². The molecule has 3 rings (SSSR count). The first-order chi connectivity index (χ1) is 12.5. The largest absolute Gasteiger partial charge is 0.456 e. The summed E-state index contributed by atoms with van der Waals surface area (Å²) in [5.74, 6) is -0.622. The first-order valence-electron chi connectivity index (χ1n) is 8.80. The number of likely N-dealkylation sites (N-methyl/N-ethyl adjacent to an activating group) is 1. The van der Waals surface area contributed by atoms with Crippen LogP contribution >= 0.6 is 0 Å². The Morgan fingerprint density at radius 2 is 2.04 bits per heavy atom. The number of urea groups is 1. The van der Waals surface area contributed by atoms with Crippen LogP contribution in [0.25, 0.3) is 0 Å². The minimum absolute atomic E-state index is 0.0108. The summed E-state index contributed by atoms with van der Waals surface area (Å²) >= 11 is 0. The van der Waals surface area contributed by atoms with Crippen molar-refractivity contribution in [1.29, 1.82) is 0 Å². The Kier molecular flexibility index (Phi) is 5.25. The third-order valence-electron chi connectivity index (χ3n) is 4.70. The first kappa shape index (κ1) is 18.0. The Labute approximate surface area is 152 Å². The molecule has 0 spiro atoms. The molecule has 1 aromatic carbocycles. The van der Waals surface area contributed by atoms with E-state index in [9.17, 15) is 14.4 Å². The molecule has 0 radical (unpaired) electrons. The average Bonchev–Trinajstić information content (AvgIpc) is 3.04. The molecule has 0 saturated heterocycles. The Morgan fingerprint density at radius 1 is 1.31 bits per heavy atom. The lowest BCUT2D eigenvalue weighted by atomic mass is 9.96. The monoisotopic (exact) mass is 357 g/mol. The lowest BCUT2D eigenvalue weighted by Gasteiger charge is -2.33. The zero-order valence-electron chi connectivity index (χ0n) is 15.0. The molecule has 2 heterocycles. The molecule has 0 saturated carbocycles. The molecule has 7 heteroatoms. The molecule has 0 bridgehead atoms. The highest BCUT2D eigenvalue weighted by Gasteiger charge is 2.42. The summed E-state index contributed by atoms with van der Waals surface area (Å²) < 4.78 is 5.17. The number of amides is 3. The second-order valence-corrected chi connectivity index (χ2v) is 6.48. The van der Waals surface area contributed by atoms with E-state index in [0.717, 1.165) is 18.4 Å². The molecule has 1 atom stereocenters. The van der Waals surface area contributed by atoms with Gasteiger partial charge >= 0.3 is 12.0 Å². The van der Waals surface area contributed by atoms with Crippen LogP contribution in [0.5, 0.6) is 0 Å². The maximum atomic E-state index is 12.6. The summed E-state index contributed by atoms with van der Waals surface area (Å²) in [5, 5.41) is 2.83. The van der Waals surface area contributed by atoms with Crippen LogP contribution in [0, 0.1) is 0 Å². The van der Waals surface area contributed by atoms with Gasteiger partial charge in [0.1, 0.15) is 13.2 Å². The zero-order chi connectivity index (χ0) is 18.7. The third kappa shape index (κ3) is 3.42. The van der Waals surface area contributed by atoms with E-state index in [1.165, 1.54) is 4.90 Å². The van der Waals surface area contributed by atoms with E-state index in [-0.39, 0.29) is 19.1 Å². The van der Waals surface area contributed by atoms with Gasteiger partial charge in [-0.1, -0.05) is 43.7 Å². The van der Waals surface area contributed by atoms with E-state index in [1.54, 1.807) is 11.9 Å². The molecule has 2 aliphatic heterocycles. The number of hydrogen-bond acceptors (Lipinski definition) is 4. The molecule has 3 amide bonds. The Bertz CT molecular complexity index is 744. The minimum Gasteiger partial charge on any atom is -0.456 e. The SMILES string of the molecule is CCCCN(C)C(=O)CN1C(=O)N[C@H](c2ccccc2)C2=C1COC2=O. The fourth-order valence-electron chi connectivity index (χ4n) is 3.15. The van der Waals surface area contributed by atoms with Crippen LogP contribution in [-0.4, -0.2) is 54.5 Å². The summed E-state index contributed by atoms with van der Waals surface area (Å²) in [5.41, 5.74) is 1.68. The second kappa shape index (κ2) is 7.59. The minimum atomic E-state index is -0.558. The van der Waals surface area contributed by atoms with Gasteiger partial charge in [-0.05, 0) is 12.0 Å². The van der Waals surface area contributed by atoms with Crippen molar-refractivity contribution in [2.24, 2.45) is 0 Å². The summed E-state index contributed by atoms with van der Waals surface area (Å²) in [4.78, 5) is 40.3. The number of carbonyl (C=O) groups excluding carboxylic acids is 3. The lowest BCUT2D eigenvalue weighted by Crippen LogP contribution is -2.50. The molecular formula is C19H23N3O4. The van der Waals surface area contributed by atoms with Gasteiger partial charge in [0.25, 0.3) is 0 Å². The Morgan fingerprint density at radius 3 is 2.73 bits per heavy atom. The van der Waals surface area contributed by atoms with Gasteiger partial charge in [-0.3, -0.25) is 9.69 Å². The van der Waals surface area contributed by atoms with Crippen LogP contribution in [0.1, 0.15) is 31.4 Å². The van der Waals surface area contributed by atoms with Crippen molar-refractivity contribution >= 4 is 17.9 Å². The molecular weight excluding hydrogens is 334 g/mol. The Balaban J connectivity index is 1.85. The smallest absolute Gasteiger partial charge is 0.338 e. The van der Waals surface area contributed by atoms with Crippen molar-refractivity contribution in [3.05, 3.63) is 47.2 Å². The molecule has 0 aliphatic carbocycles. The molecule has 1 aromatic rings. The number of hydrogen-bond donors (Lipinski definition) is 1. The Hall–Kier alpha value is -2.83. The number of nitrogens with one attached hydrogen (secondary N) is 1. The molecule has 1 N–H and O–H groups in total. The molecule has 0 aromatic heterocycles. The van der Waals surface area contributed by atoms with Crippen LogP contribution in [0.2, 0.25) is 0 Å². The zero-order valence-corrected chi connectivity index (χ0v) is 15.0. The number of rotatable bonds is 6. The van der Waals surface area contributed by atoms with Crippen molar-refractivity contribution in [2.75, 3.05) is 26.7 Å². The van der Waals surface area contributed by atoms with Gasteiger partial charge in [-0.15, -0.1) is 0 Å². The maximum absolute atomic E-state index is 12.6. The molecule has 7 nitrogen and oxygen atoms in total.